The summed E-state index contributed by atoms with van der Waals surface area (Å²) in [6.45, 7) is 1.89. The summed E-state index contributed by atoms with van der Waals surface area (Å²) in [5, 5.41) is 1.95. The lowest BCUT2D eigenvalue weighted by Crippen LogP contribution is -2.29. The van der Waals surface area contributed by atoms with Gasteiger partial charge in [-0.2, -0.15) is 4.31 Å². The number of sulfonamides is 1. The molecule has 0 radical (unpaired) electrons. The first kappa shape index (κ1) is 14.7. The van der Waals surface area contributed by atoms with Crippen molar-refractivity contribution in [2.45, 2.75) is 17.9 Å². The van der Waals surface area contributed by atoms with Crippen molar-refractivity contribution in [1.82, 2.24) is 4.31 Å². The van der Waals surface area contributed by atoms with Crippen LogP contribution in [0.5, 0.6) is 0 Å². The summed E-state index contributed by atoms with van der Waals surface area (Å²) in [5.41, 5.74) is 0. The van der Waals surface area contributed by atoms with Gasteiger partial charge < -0.3 is 0 Å². The maximum absolute atomic E-state index is 12.6. The van der Waals surface area contributed by atoms with Crippen LogP contribution in [0.25, 0.3) is 0 Å². The summed E-state index contributed by atoms with van der Waals surface area (Å²) in [6, 6.07) is 10.6. The largest absolute Gasteiger partial charge is 0.244 e. The van der Waals surface area contributed by atoms with Crippen molar-refractivity contribution in [3.05, 3.63) is 51.1 Å². The van der Waals surface area contributed by atoms with Crippen LogP contribution in [0.1, 0.15) is 17.8 Å². The molecule has 0 N–H and O–H groups in total. The van der Waals surface area contributed by atoms with E-state index in [1.165, 1.54) is 4.31 Å². The second-order valence-corrected chi connectivity index (χ2v) is 7.94. The van der Waals surface area contributed by atoms with Crippen LogP contribution in [0.15, 0.2) is 51.1 Å². The van der Waals surface area contributed by atoms with E-state index in [0.29, 0.717) is 9.37 Å². The van der Waals surface area contributed by atoms with Gasteiger partial charge in [0, 0.05) is 16.4 Å². The zero-order valence-electron chi connectivity index (χ0n) is 10.6. The van der Waals surface area contributed by atoms with Crippen LogP contribution in [-0.4, -0.2) is 19.8 Å². The normalized spacial score (nSPS) is 13.7. The van der Waals surface area contributed by atoms with Crippen LogP contribution in [0.3, 0.4) is 0 Å². The van der Waals surface area contributed by atoms with Crippen molar-refractivity contribution >= 4 is 37.3 Å². The minimum absolute atomic E-state index is 0.183. The van der Waals surface area contributed by atoms with E-state index in [9.17, 15) is 8.42 Å². The predicted molar refractivity (Wildman–Crippen MR) is 81.8 cm³/mol. The van der Waals surface area contributed by atoms with Gasteiger partial charge in [0.15, 0.2) is 0 Å². The molecule has 1 aromatic heterocycles. The molecule has 0 spiro atoms. The Morgan fingerprint density at radius 3 is 2.47 bits per heavy atom. The smallest absolute Gasteiger partial charge is 0.207 e. The molecule has 1 unspecified atom stereocenters. The summed E-state index contributed by atoms with van der Waals surface area (Å²) in [5.74, 6) is 0. The minimum Gasteiger partial charge on any atom is -0.207 e. The third kappa shape index (κ3) is 2.91. The molecule has 2 rings (SSSR count). The van der Waals surface area contributed by atoms with Gasteiger partial charge >= 0.3 is 0 Å². The van der Waals surface area contributed by atoms with E-state index in [1.54, 1.807) is 42.6 Å². The van der Waals surface area contributed by atoms with Crippen LogP contribution < -0.4 is 0 Å². The number of thiophene rings is 1. The Hall–Kier alpha value is -0.690. The fourth-order valence-electron chi connectivity index (χ4n) is 1.73. The zero-order chi connectivity index (χ0) is 14.0. The highest BCUT2D eigenvalue weighted by Crippen LogP contribution is 2.31. The monoisotopic (exact) mass is 359 g/mol. The fraction of sp³-hybridized carbons (Fsp3) is 0.231. The number of hydrogen-bond acceptors (Lipinski definition) is 3. The van der Waals surface area contributed by atoms with Gasteiger partial charge in [-0.25, -0.2) is 8.42 Å². The number of rotatable bonds is 4. The predicted octanol–water partition coefficient (Wildman–Crippen LogP) is 3.89. The molecule has 0 amide bonds. The Bertz CT molecular complexity index is 653. The van der Waals surface area contributed by atoms with Gasteiger partial charge in [0.25, 0.3) is 0 Å². The van der Waals surface area contributed by atoms with E-state index in [2.05, 4.69) is 15.9 Å². The van der Waals surface area contributed by atoms with Crippen molar-refractivity contribution in [2.24, 2.45) is 0 Å². The minimum atomic E-state index is -3.50. The van der Waals surface area contributed by atoms with E-state index in [4.69, 9.17) is 0 Å². The molecule has 0 aliphatic rings. The van der Waals surface area contributed by atoms with E-state index < -0.39 is 10.0 Å². The number of benzene rings is 1. The molecule has 1 heterocycles. The van der Waals surface area contributed by atoms with Crippen LogP contribution >= 0.6 is 27.3 Å². The summed E-state index contributed by atoms with van der Waals surface area (Å²) in [7, 11) is -1.89. The van der Waals surface area contributed by atoms with Crippen molar-refractivity contribution in [2.75, 3.05) is 7.05 Å². The SMILES string of the molecule is CC(c1cccs1)N(C)S(=O)(=O)c1ccccc1Br. The highest BCUT2D eigenvalue weighted by atomic mass is 79.9. The van der Waals surface area contributed by atoms with Crippen LogP contribution in [0, 0.1) is 0 Å². The standard InChI is InChI=1S/C13H14BrNO2S2/c1-10(12-7-5-9-18-12)15(2)19(16,17)13-8-4-3-6-11(13)14/h3-10H,1-2H3. The Morgan fingerprint density at radius 1 is 1.21 bits per heavy atom. The van der Waals surface area contributed by atoms with Gasteiger partial charge in [0.1, 0.15) is 0 Å². The molecule has 6 heteroatoms. The maximum atomic E-state index is 12.6. The lowest BCUT2D eigenvalue weighted by Gasteiger charge is -2.24. The van der Waals surface area contributed by atoms with E-state index >= 15 is 0 Å². The first-order chi connectivity index (χ1) is 8.94. The van der Waals surface area contributed by atoms with Gasteiger partial charge in [0.2, 0.25) is 10.0 Å². The van der Waals surface area contributed by atoms with E-state index in [-0.39, 0.29) is 6.04 Å². The van der Waals surface area contributed by atoms with Crippen molar-refractivity contribution in [3.8, 4) is 0 Å². The lowest BCUT2D eigenvalue weighted by molar-refractivity contribution is 0.402. The second kappa shape index (κ2) is 5.75. The molecule has 0 saturated carbocycles. The molecule has 1 aromatic carbocycles. The Morgan fingerprint density at radius 2 is 1.89 bits per heavy atom. The van der Waals surface area contributed by atoms with Crippen molar-refractivity contribution in [1.29, 1.82) is 0 Å². The zero-order valence-corrected chi connectivity index (χ0v) is 13.8. The Labute approximate surface area is 126 Å². The molecule has 0 bridgehead atoms. The lowest BCUT2D eigenvalue weighted by atomic mass is 10.3. The summed E-state index contributed by atoms with van der Waals surface area (Å²) < 4.78 is 27.2. The third-order valence-corrected chi connectivity index (χ3v) is 6.98. The summed E-state index contributed by atoms with van der Waals surface area (Å²) in [6.07, 6.45) is 0. The van der Waals surface area contributed by atoms with Crippen molar-refractivity contribution < 1.29 is 8.42 Å². The van der Waals surface area contributed by atoms with Crippen molar-refractivity contribution in [3.63, 3.8) is 0 Å². The highest BCUT2D eigenvalue weighted by molar-refractivity contribution is 9.10. The molecular formula is C13H14BrNO2S2. The molecule has 0 aliphatic carbocycles. The number of hydrogen-bond donors (Lipinski definition) is 0. The van der Waals surface area contributed by atoms with E-state index in [0.717, 1.165) is 4.88 Å². The molecule has 1 atom stereocenters. The molecule has 19 heavy (non-hydrogen) atoms. The number of halogens is 1. The first-order valence-corrected chi connectivity index (χ1v) is 8.82. The average molecular weight is 360 g/mol. The Kier molecular flexibility index (Phi) is 4.45. The molecule has 2 aromatic rings. The number of nitrogens with zero attached hydrogens (tertiary/aromatic N) is 1. The molecule has 0 aliphatic heterocycles. The van der Waals surface area contributed by atoms with Gasteiger partial charge in [-0.15, -0.1) is 11.3 Å². The van der Waals surface area contributed by atoms with Crippen LogP contribution in [0.4, 0.5) is 0 Å². The van der Waals surface area contributed by atoms with E-state index in [1.807, 2.05) is 24.4 Å². The fourth-order valence-corrected chi connectivity index (χ4v) is 4.92. The van der Waals surface area contributed by atoms with Gasteiger partial charge in [-0.3, -0.25) is 0 Å². The molecule has 0 saturated heterocycles. The first-order valence-electron chi connectivity index (χ1n) is 5.70. The van der Waals surface area contributed by atoms with Gasteiger partial charge in [-0.05, 0) is 46.4 Å². The quantitative estimate of drug-likeness (QED) is 0.830. The third-order valence-electron chi connectivity index (χ3n) is 2.99. The Balaban J connectivity index is 2.38. The molecule has 3 nitrogen and oxygen atoms in total. The van der Waals surface area contributed by atoms with Crippen LogP contribution in [-0.2, 0) is 10.0 Å². The summed E-state index contributed by atoms with van der Waals surface area (Å²) >= 11 is 4.85. The summed E-state index contributed by atoms with van der Waals surface area (Å²) in [4.78, 5) is 1.32. The molecular weight excluding hydrogens is 346 g/mol. The average Bonchev–Trinajstić information content (AvgIpc) is 2.91. The second-order valence-electron chi connectivity index (χ2n) is 4.14. The molecule has 102 valence electrons. The van der Waals surface area contributed by atoms with Gasteiger partial charge in [-0.1, -0.05) is 18.2 Å². The molecule has 0 fully saturated rings. The maximum Gasteiger partial charge on any atom is 0.244 e. The topological polar surface area (TPSA) is 37.4 Å². The van der Waals surface area contributed by atoms with Gasteiger partial charge in [0.05, 0.1) is 10.9 Å². The highest BCUT2D eigenvalue weighted by Gasteiger charge is 2.28. The van der Waals surface area contributed by atoms with Crippen LogP contribution in [0.2, 0.25) is 0 Å².